The van der Waals surface area contributed by atoms with E-state index in [1.807, 2.05) is 66.1 Å². The number of rotatable bonds is 8. The number of urea groups is 1. The van der Waals surface area contributed by atoms with Crippen LogP contribution in [0.2, 0.25) is 5.02 Å². The van der Waals surface area contributed by atoms with Gasteiger partial charge in [-0.1, -0.05) is 37.1 Å². The van der Waals surface area contributed by atoms with E-state index < -0.39 is 0 Å². The van der Waals surface area contributed by atoms with Crippen molar-refractivity contribution in [2.75, 3.05) is 33.3 Å². The predicted octanol–water partition coefficient (Wildman–Crippen LogP) is 6.79. The molecule has 5 rings (SSSR count). The molecule has 0 aromatic heterocycles. The molecule has 7 nitrogen and oxygen atoms in total. The summed E-state index contributed by atoms with van der Waals surface area (Å²) in [6.45, 7) is 10.1. The first kappa shape index (κ1) is 28.7. The molecule has 0 saturated carbocycles. The number of piperidine rings is 1. The zero-order valence-corrected chi connectivity index (χ0v) is 25.1. The van der Waals surface area contributed by atoms with Crippen molar-refractivity contribution >= 4 is 23.5 Å². The topological polar surface area (TPSA) is 57.6 Å². The first-order valence-electron chi connectivity index (χ1n) is 14.9. The number of amidine groups is 1. The highest BCUT2D eigenvalue weighted by atomic mass is 35.5. The molecule has 3 aliphatic rings. The number of methoxy groups -OCH3 is 1. The van der Waals surface area contributed by atoms with E-state index in [-0.39, 0.29) is 24.2 Å². The first-order valence-corrected chi connectivity index (χ1v) is 15.3. The zero-order chi connectivity index (χ0) is 28.2. The lowest BCUT2D eigenvalue weighted by Gasteiger charge is -2.40. The normalized spacial score (nSPS) is 22.2. The minimum absolute atomic E-state index is 0.0171. The maximum absolute atomic E-state index is 14.5. The summed E-state index contributed by atoms with van der Waals surface area (Å²) in [5, 5.41) is 0.680. The van der Waals surface area contributed by atoms with Crippen LogP contribution in [0.15, 0.2) is 47.5 Å². The van der Waals surface area contributed by atoms with Gasteiger partial charge in [-0.3, -0.25) is 9.89 Å². The fourth-order valence-electron chi connectivity index (χ4n) is 6.40. The van der Waals surface area contributed by atoms with Crippen LogP contribution in [0.3, 0.4) is 0 Å². The number of hydrogen-bond donors (Lipinski definition) is 0. The van der Waals surface area contributed by atoms with Crippen LogP contribution >= 0.6 is 11.6 Å². The van der Waals surface area contributed by atoms with Gasteiger partial charge in [0.05, 0.1) is 30.9 Å². The summed E-state index contributed by atoms with van der Waals surface area (Å²) in [7, 11) is 1.65. The summed E-state index contributed by atoms with van der Waals surface area (Å²) in [4.78, 5) is 26.4. The number of amides is 2. The number of hydrogen-bond acceptors (Lipinski definition) is 5. The molecule has 0 radical (unpaired) electrons. The van der Waals surface area contributed by atoms with Gasteiger partial charge in [-0.2, -0.15) is 0 Å². The van der Waals surface area contributed by atoms with Crippen molar-refractivity contribution in [3.63, 3.8) is 0 Å². The molecule has 3 aliphatic heterocycles. The summed E-state index contributed by atoms with van der Waals surface area (Å²) in [5.41, 5.74) is 1.86. The van der Waals surface area contributed by atoms with Gasteiger partial charge in [0.15, 0.2) is 0 Å². The Morgan fingerprint density at radius 1 is 1.05 bits per heavy atom. The van der Waals surface area contributed by atoms with Crippen LogP contribution in [0.4, 0.5) is 4.79 Å². The molecule has 0 N–H and O–H groups in total. The number of likely N-dealkylation sites (tertiary alicyclic amines) is 2. The molecule has 2 atom stereocenters. The van der Waals surface area contributed by atoms with Crippen molar-refractivity contribution in [2.24, 2.45) is 4.99 Å². The molecule has 2 saturated heterocycles. The zero-order valence-electron chi connectivity index (χ0n) is 24.3. The van der Waals surface area contributed by atoms with Crippen LogP contribution < -0.4 is 9.47 Å². The van der Waals surface area contributed by atoms with Gasteiger partial charge in [0, 0.05) is 30.2 Å². The number of carbonyl (C=O) groups is 1. The Morgan fingerprint density at radius 2 is 1.75 bits per heavy atom. The molecule has 0 spiro atoms. The average Bonchev–Trinajstić information content (AvgIpc) is 3.62. The van der Waals surface area contributed by atoms with E-state index >= 15 is 0 Å². The third-order valence-corrected chi connectivity index (χ3v) is 8.60. The van der Waals surface area contributed by atoms with E-state index in [0.717, 1.165) is 49.9 Å². The van der Waals surface area contributed by atoms with Gasteiger partial charge >= 0.3 is 6.03 Å². The van der Waals surface area contributed by atoms with Crippen LogP contribution in [0.1, 0.15) is 76.5 Å². The monoisotopic (exact) mass is 566 g/mol. The Kier molecular flexibility index (Phi) is 9.21. The summed E-state index contributed by atoms with van der Waals surface area (Å²) in [6, 6.07) is 14.0. The fraction of sp³-hybridized carbons (Fsp3) is 0.562. The van der Waals surface area contributed by atoms with Gasteiger partial charge < -0.3 is 19.3 Å². The molecule has 0 aliphatic carbocycles. The highest BCUT2D eigenvalue weighted by molar-refractivity contribution is 6.30. The number of nitrogens with zero attached hydrogens (tertiary/aromatic N) is 4. The number of carbonyl (C=O) groups excluding carboxylic acids is 1. The van der Waals surface area contributed by atoms with Crippen molar-refractivity contribution in [2.45, 2.75) is 83.5 Å². The number of ether oxygens (including phenoxy) is 2. The minimum Gasteiger partial charge on any atom is -0.497 e. The second-order valence-corrected chi connectivity index (χ2v) is 11.9. The Labute approximate surface area is 244 Å². The van der Waals surface area contributed by atoms with Crippen molar-refractivity contribution in [3.05, 3.63) is 58.6 Å². The molecule has 8 heteroatoms. The first-order chi connectivity index (χ1) is 19.4. The lowest BCUT2D eigenvalue weighted by Crippen LogP contribution is -2.52. The molecule has 2 aromatic rings. The van der Waals surface area contributed by atoms with E-state index in [1.165, 1.54) is 25.9 Å². The molecule has 216 valence electrons. The Balaban J connectivity index is 1.52. The molecule has 2 aromatic carbocycles. The van der Waals surface area contributed by atoms with Crippen LogP contribution in [0, 0.1) is 0 Å². The van der Waals surface area contributed by atoms with Crippen molar-refractivity contribution < 1.29 is 14.3 Å². The van der Waals surface area contributed by atoms with Gasteiger partial charge in [-0.25, -0.2) is 4.79 Å². The summed E-state index contributed by atoms with van der Waals surface area (Å²) < 4.78 is 11.8. The summed E-state index contributed by atoms with van der Waals surface area (Å²) in [6.07, 6.45) is 6.40. The SMILES string of the molecule is CCC[C@H]1N=C(c2ccc(OC)cc2OC(C)C)N(C(=O)N2CCC(N3CCCC3)CC2)[C@H]1c1ccc(Cl)cc1. The number of halogens is 1. The van der Waals surface area contributed by atoms with Crippen molar-refractivity contribution in [1.82, 2.24) is 14.7 Å². The largest absolute Gasteiger partial charge is 0.497 e. The van der Waals surface area contributed by atoms with Gasteiger partial charge in [0.1, 0.15) is 17.3 Å². The van der Waals surface area contributed by atoms with Crippen LogP contribution in [-0.2, 0) is 0 Å². The fourth-order valence-corrected chi connectivity index (χ4v) is 6.53. The molecule has 40 heavy (non-hydrogen) atoms. The standard InChI is InChI=1S/C32H43ClN4O3/c1-5-8-28-30(23-9-11-24(33)12-10-23)37(32(38)36-19-15-25(16-20-36)35-17-6-7-18-35)31(34-28)27-14-13-26(39-4)21-29(27)40-22(2)3/h9-14,21-22,25,28,30H,5-8,15-20H2,1-4H3/t28-,30+/m1/s1. The predicted molar refractivity (Wildman–Crippen MR) is 161 cm³/mol. The second kappa shape index (κ2) is 12.8. The second-order valence-electron chi connectivity index (χ2n) is 11.4. The maximum Gasteiger partial charge on any atom is 0.326 e. The number of benzene rings is 2. The lowest BCUT2D eigenvalue weighted by molar-refractivity contribution is 0.117. The van der Waals surface area contributed by atoms with Crippen molar-refractivity contribution in [1.29, 1.82) is 0 Å². The Morgan fingerprint density at radius 3 is 2.38 bits per heavy atom. The van der Waals surface area contributed by atoms with E-state index in [0.29, 0.717) is 28.4 Å². The summed E-state index contributed by atoms with van der Waals surface area (Å²) in [5.74, 6) is 2.05. The third-order valence-electron chi connectivity index (χ3n) is 8.35. The van der Waals surface area contributed by atoms with E-state index in [1.54, 1.807) is 7.11 Å². The van der Waals surface area contributed by atoms with E-state index in [9.17, 15) is 4.79 Å². The minimum atomic E-state index is -0.218. The van der Waals surface area contributed by atoms with Crippen LogP contribution in [0.5, 0.6) is 11.5 Å². The molecule has 0 unspecified atom stereocenters. The quantitative estimate of drug-likeness (QED) is 0.353. The van der Waals surface area contributed by atoms with Gasteiger partial charge in [-0.05, 0) is 88.9 Å². The number of aliphatic imine (C=N–C) groups is 1. The maximum atomic E-state index is 14.5. The Hall–Kier alpha value is -2.77. The highest BCUT2D eigenvalue weighted by Gasteiger charge is 2.44. The van der Waals surface area contributed by atoms with Crippen LogP contribution in [0.25, 0.3) is 0 Å². The molecule has 2 fully saturated rings. The van der Waals surface area contributed by atoms with Gasteiger partial charge in [-0.15, -0.1) is 0 Å². The smallest absolute Gasteiger partial charge is 0.326 e. The van der Waals surface area contributed by atoms with E-state index in [4.69, 9.17) is 26.1 Å². The molecular formula is C32H43ClN4O3. The van der Waals surface area contributed by atoms with Gasteiger partial charge in [0.25, 0.3) is 0 Å². The molecule has 0 bridgehead atoms. The van der Waals surface area contributed by atoms with Crippen molar-refractivity contribution in [3.8, 4) is 11.5 Å². The lowest BCUT2D eigenvalue weighted by atomic mass is 9.96. The Bertz CT molecular complexity index is 1190. The molecular weight excluding hydrogens is 524 g/mol. The van der Waals surface area contributed by atoms with E-state index in [2.05, 4.69) is 11.8 Å². The summed E-state index contributed by atoms with van der Waals surface area (Å²) >= 11 is 6.28. The molecule has 2 amide bonds. The van der Waals surface area contributed by atoms with Gasteiger partial charge in [0.2, 0.25) is 0 Å². The average molecular weight is 567 g/mol. The van der Waals surface area contributed by atoms with Crippen LogP contribution in [-0.4, -0.2) is 78.0 Å². The molecule has 3 heterocycles. The highest BCUT2D eigenvalue weighted by Crippen LogP contribution is 2.40. The third kappa shape index (κ3) is 6.10.